The monoisotopic (exact) mass is 330 g/mol. The molecule has 2 aliphatic rings. The molecule has 1 aromatic rings. The molecule has 0 saturated carbocycles. The number of halogens is 1. The maximum atomic E-state index is 11.9. The molecule has 4 nitrogen and oxygen atoms in total. The van der Waals surface area contributed by atoms with E-state index >= 15 is 0 Å². The van der Waals surface area contributed by atoms with Crippen LogP contribution in [-0.2, 0) is 9.84 Å². The Balaban J connectivity index is 2.07. The van der Waals surface area contributed by atoms with E-state index in [1.165, 1.54) is 0 Å². The van der Waals surface area contributed by atoms with Crippen LogP contribution in [0.25, 0.3) is 0 Å². The number of para-hydroxylation sites is 1. The van der Waals surface area contributed by atoms with Gasteiger partial charge in [-0.1, -0.05) is 23.7 Å². The number of hydrogen-bond donors (Lipinski definition) is 0. The van der Waals surface area contributed by atoms with Gasteiger partial charge in [-0.15, -0.1) is 0 Å². The fraction of sp³-hybridized carbons (Fsp3) is 0.462. The molecule has 7 heteroatoms. The van der Waals surface area contributed by atoms with Gasteiger partial charge in [-0.25, -0.2) is 8.42 Å². The molecule has 2 fully saturated rings. The largest absolute Gasteiger partial charge is 0.343 e. The average Bonchev–Trinajstić information content (AvgIpc) is 2.80. The van der Waals surface area contributed by atoms with Gasteiger partial charge in [-0.2, -0.15) is 0 Å². The molecule has 2 atom stereocenters. The average molecular weight is 331 g/mol. The van der Waals surface area contributed by atoms with Gasteiger partial charge in [0.05, 0.1) is 34.3 Å². The van der Waals surface area contributed by atoms with Crippen molar-refractivity contribution in [3.63, 3.8) is 0 Å². The van der Waals surface area contributed by atoms with E-state index in [2.05, 4.69) is 0 Å². The van der Waals surface area contributed by atoms with E-state index in [1.54, 1.807) is 6.07 Å². The molecular formula is C13H15ClN2O2S2. The molecular weight excluding hydrogens is 316 g/mol. The second-order valence-corrected chi connectivity index (χ2v) is 8.03. The minimum Gasteiger partial charge on any atom is -0.343 e. The summed E-state index contributed by atoms with van der Waals surface area (Å²) in [6, 6.07) is 7.23. The van der Waals surface area contributed by atoms with Crippen LogP contribution < -0.4 is 4.90 Å². The van der Waals surface area contributed by atoms with Crippen molar-refractivity contribution in [3.05, 3.63) is 29.3 Å². The SMILES string of the molecule is CCN1C(=S)N(c2ccccc2Cl)[C@@H]2CS(=O)(=O)C[C@@H]21. The molecule has 0 amide bonds. The highest BCUT2D eigenvalue weighted by Gasteiger charge is 2.51. The van der Waals surface area contributed by atoms with Gasteiger partial charge >= 0.3 is 0 Å². The number of likely N-dealkylation sites (N-methyl/N-ethyl adjacent to an activating group) is 1. The lowest BCUT2D eigenvalue weighted by molar-refractivity contribution is 0.373. The van der Waals surface area contributed by atoms with Crippen molar-refractivity contribution in [1.82, 2.24) is 4.90 Å². The van der Waals surface area contributed by atoms with Crippen molar-refractivity contribution >= 4 is 44.5 Å². The third-order valence-electron chi connectivity index (χ3n) is 3.93. The van der Waals surface area contributed by atoms with Gasteiger partial charge < -0.3 is 9.80 Å². The van der Waals surface area contributed by atoms with E-state index in [4.69, 9.17) is 23.8 Å². The number of hydrogen-bond acceptors (Lipinski definition) is 3. The Kier molecular flexibility index (Phi) is 3.43. The lowest BCUT2D eigenvalue weighted by Crippen LogP contribution is -2.37. The molecule has 0 bridgehead atoms. The first-order valence-electron chi connectivity index (χ1n) is 6.49. The summed E-state index contributed by atoms with van der Waals surface area (Å²) < 4.78 is 23.9. The smallest absolute Gasteiger partial charge is 0.176 e. The predicted octanol–water partition coefficient (Wildman–Crippen LogP) is 1.93. The lowest BCUT2D eigenvalue weighted by atomic mass is 10.1. The fourth-order valence-corrected chi connectivity index (χ4v) is 5.75. The minimum atomic E-state index is -3.01. The molecule has 3 rings (SSSR count). The first-order chi connectivity index (χ1) is 9.44. The summed E-state index contributed by atoms with van der Waals surface area (Å²) in [6.07, 6.45) is 0. The van der Waals surface area contributed by atoms with E-state index in [0.717, 1.165) is 5.69 Å². The summed E-state index contributed by atoms with van der Waals surface area (Å²) >= 11 is 11.8. The standard InChI is InChI=1S/C13H15ClN2O2S2/c1-2-15-11-7-20(17,18)8-12(11)16(13(15)19)10-6-4-3-5-9(10)14/h3-6,11-12H,2,7-8H2,1H3/t11-,12+/m0/s1. The molecule has 0 aliphatic carbocycles. The van der Waals surface area contributed by atoms with E-state index in [9.17, 15) is 8.42 Å². The second kappa shape index (κ2) is 4.86. The Bertz CT molecular complexity index is 662. The van der Waals surface area contributed by atoms with Crippen molar-refractivity contribution in [2.75, 3.05) is 23.0 Å². The van der Waals surface area contributed by atoms with Crippen molar-refractivity contribution < 1.29 is 8.42 Å². The predicted molar refractivity (Wildman–Crippen MR) is 85.1 cm³/mol. The van der Waals surface area contributed by atoms with Crippen LogP contribution in [0.2, 0.25) is 5.02 Å². The van der Waals surface area contributed by atoms with Gasteiger partial charge in [-0.05, 0) is 31.3 Å². The Hall–Kier alpha value is -0.850. The van der Waals surface area contributed by atoms with Crippen LogP contribution in [-0.4, -0.2) is 48.6 Å². The van der Waals surface area contributed by atoms with E-state index in [0.29, 0.717) is 16.7 Å². The normalized spacial score (nSPS) is 28.0. The number of thiocarbonyl (C=S) groups is 1. The van der Waals surface area contributed by atoms with Gasteiger partial charge in [0, 0.05) is 6.54 Å². The van der Waals surface area contributed by atoms with Crippen LogP contribution >= 0.6 is 23.8 Å². The first-order valence-corrected chi connectivity index (χ1v) is 9.10. The van der Waals surface area contributed by atoms with Crippen molar-refractivity contribution in [1.29, 1.82) is 0 Å². The number of sulfone groups is 1. The Morgan fingerprint density at radius 2 is 1.95 bits per heavy atom. The van der Waals surface area contributed by atoms with Gasteiger partial charge in [0.2, 0.25) is 0 Å². The highest BCUT2D eigenvalue weighted by atomic mass is 35.5. The molecule has 2 aliphatic heterocycles. The van der Waals surface area contributed by atoms with Crippen LogP contribution in [0.5, 0.6) is 0 Å². The first kappa shape index (κ1) is 14.1. The zero-order valence-corrected chi connectivity index (χ0v) is 13.4. The number of nitrogens with zero attached hydrogens (tertiary/aromatic N) is 2. The quantitative estimate of drug-likeness (QED) is 0.775. The summed E-state index contributed by atoms with van der Waals surface area (Å²) in [5.74, 6) is 0.312. The summed E-state index contributed by atoms with van der Waals surface area (Å²) in [6.45, 7) is 2.70. The molecule has 2 heterocycles. The van der Waals surface area contributed by atoms with E-state index in [-0.39, 0.29) is 23.6 Å². The molecule has 2 saturated heterocycles. The lowest BCUT2D eigenvalue weighted by Gasteiger charge is -2.25. The molecule has 0 spiro atoms. The number of rotatable bonds is 2. The Morgan fingerprint density at radius 3 is 2.60 bits per heavy atom. The van der Waals surface area contributed by atoms with Crippen LogP contribution in [0.3, 0.4) is 0 Å². The Labute approximate surface area is 129 Å². The summed E-state index contributed by atoms with van der Waals surface area (Å²) in [5, 5.41) is 1.27. The van der Waals surface area contributed by atoms with Gasteiger partial charge in [0.1, 0.15) is 0 Å². The molecule has 108 valence electrons. The molecule has 20 heavy (non-hydrogen) atoms. The summed E-state index contributed by atoms with van der Waals surface area (Å²) in [5.41, 5.74) is 0.794. The fourth-order valence-electron chi connectivity index (χ4n) is 3.08. The van der Waals surface area contributed by atoms with Crippen LogP contribution in [0.15, 0.2) is 24.3 Å². The topological polar surface area (TPSA) is 40.6 Å². The zero-order chi connectivity index (χ0) is 14.5. The third-order valence-corrected chi connectivity index (χ3v) is 6.38. The highest BCUT2D eigenvalue weighted by Crippen LogP contribution is 2.37. The number of fused-ring (bicyclic) bond motifs is 1. The second-order valence-electron chi connectivity index (χ2n) is 5.10. The molecule has 0 radical (unpaired) electrons. The third kappa shape index (κ3) is 2.10. The van der Waals surface area contributed by atoms with Crippen molar-refractivity contribution in [2.24, 2.45) is 0 Å². The number of anilines is 1. The maximum absolute atomic E-state index is 11.9. The summed E-state index contributed by atoms with van der Waals surface area (Å²) in [7, 11) is -3.01. The minimum absolute atomic E-state index is 0.0613. The van der Waals surface area contributed by atoms with Crippen molar-refractivity contribution in [2.45, 2.75) is 19.0 Å². The van der Waals surface area contributed by atoms with Crippen LogP contribution in [0.4, 0.5) is 5.69 Å². The number of benzene rings is 1. The molecule has 0 aromatic heterocycles. The maximum Gasteiger partial charge on any atom is 0.176 e. The van der Waals surface area contributed by atoms with Crippen LogP contribution in [0, 0.1) is 0 Å². The summed E-state index contributed by atoms with van der Waals surface area (Å²) in [4.78, 5) is 3.91. The van der Waals surface area contributed by atoms with Gasteiger partial charge in [0.15, 0.2) is 14.9 Å². The van der Waals surface area contributed by atoms with Crippen LogP contribution in [0.1, 0.15) is 6.92 Å². The van der Waals surface area contributed by atoms with E-state index < -0.39 is 9.84 Å². The van der Waals surface area contributed by atoms with E-state index in [1.807, 2.05) is 34.9 Å². The molecule has 1 aromatic carbocycles. The van der Waals surface area contributed by atoms with Gasteiger partial charge in [0.25, 0.3) is 0 Å². The molecule has 0 N–H and O–H groups in total. The Morgan fingerprint density at radius 1 is 1.30 bits per heavy atom. The zero-order valence-electron chi connectivity index (χ0n) is 11.0. The molecule has 0 unspecified atom stereocenters. The highest BCUT2D eigenvalue weighted by molar-refractivity contribution is 7.91. The van der Waals surface area contributed by atoms with Crippen molar-refractivity contribution in [3.8, 4) is 0 Å². The van der Waals surface area contributed by atoms with Gasteiger partial charge in [-0.3, -0.25) is 0 Å².